The van der Waals surface area contributed by atoms with Crippen LogP contribution >= 0.6 is 0 Å². The molecule has 3 heterocycles. The first-order valence-electron chi connectivity index (χ1n) is 9.54. The quantitative estimate of drug-likeness (QED) is 0.537. The van der Waals surface area contributed by atoms with Crippen molar-refractivity contribution in [3.8, 4) is 5.69 Å². The van der Waals surface area contributed by atoms with Crippen molar-refractivity contribution in [1.29, 1.82) is 0 Å². The minimum Gasteiger partial charge on any atom is -0.337 e. The summed E-state index contributed by atoms with van der Waals surface area (Å²) in [5.41, 5.74) is 6.95. The van der Waals surface area contributed by atoms with Crippen molar-refractivity contribution < 1.29 is 4.79 Å². The maximum atomic E-state index is 13.1. The number of carbonyl (C=O) groups excluding carboxylic acids is 1. The standard InChI is InChI=1S/C22H24N6O/c1-14-11-21-23-12-19(16(3)28(21)24-14)22(29)26(5)13-20-15(2)25-27(17(20)4)18-9-7-6-8-10-18/h6-12H,13H2,1-5H3. The van der Waals surface area contributed by atoms with Gasteiger partial charge in [-0.2, -0.15) is 10.2 Å². The number of hydrogen-bond donors (Lipinski definition) is 0. The van der Waals surface area contributed by atoms with Gasteiger partial charge in [0.1, 0.15) is 0 Å². The van der Waals surface area contributed by atoms with Crippen LogP contribution in [-0.4, -0.2) is 42.2 Å². The monoisotopic (exact) mass is 388 g/mol. The van der Waals surface area contributed by atoms with E-state index >= 15 is 0 Å². The van der Waals surface area contributed by atoms with Crippen LogP contribution in [0.3, 0.4) is 0 Å². The molecule has 0 fully saturated rings. The van der Waals surface area contributed by atoms with E-state index in [4.69, 9.17) is 0 Å². The van der Waals surface area contributed by atoms with Gasteiger partial charge in [0.25, 0.3) is 5.91 Å². The van der Waals surface area contributed by atoms with Gasteiger partial charge in [0.05, 0.1) is 28.3 Å². The van der Waals surface area contributed by atoms with Crippen molar-refractivity contribution >= 4 is 11.6 Å². The Bertz CT molecular complexity index is 1210. The van der Waals surface area contributed by atoms with Crippen molar-refractivity contribution in [2.24, 2.45) is 0 Å². The summed E-state index contributed by atoms with van der Waals surface area (Å²) in [5.74, 6) is -0.0867. The van der Waals surface area contributed by atoms with Crippen molar-refractivity contribution in [2.75, 3.05) is 7.05 Å². The zero-order chi connectivity index (χ0) is 20.7. The van der Waals surface area contributed by atoms with E-state index in [0.717, 1.165) is 39.7 Å². The maximum absolute atomic E-state index is 13.1. The van der Waals surface area contributed by atoms with Crippen LogP contribution in [0.4, 0.5) is 0 Å². The Hall–Kier alpha value is -3.48. The minimum atomic E-state index is -0.0867. The largest absolute Gasteiger partial charge is 0.337 e. The van der Waals surface area contributed by atoms with E-state index in [2.05, 4.69) is 15.2 Å². The van der Waals surface area contributed by atoms with Gasteiger partial charge in [-0.15, -0.1) is 0 Å². The molecule has 4 aromatic rings. The summed E-state index contributed by atoms with van der Waals surface area (Å²) in [6, 6.07) is 11.9. The lowest BCUT2D eigenvalue weighted by molar-refractivity contribution is 0.0783. The molecule has 0 aliphatic carbocycles. The molecule has 7 nitrogen and oxygen atoms in total. The molecule has 0 saturated heterocycles. The summed E-state index contributed by atoms with van der Waals surface area (Å²) in [4.78, 5) is 19.2. The number of aromatic nitrogens is 5. The molecule has 7 heteroatoms. The molecule has 0 aliphatic rings. The Balaban J connectivity index is 1.63. The molecule has 0 N–H and O–H groups in total. The summed E-state index contributed by atoms with van der Waals surface area (Å²) in [5, 5.41) is 9.11. The first-order valence-corrected chi connectivity index (χ1v) is 9.54. The molecule has 0 bridgehead atoms. The van der Waals surface area contributed by atoms with Crippen molar-refractivity contribution in [3.63, 3.8) is 0 Å². The molecule has 0 unspecified atom stereocenters. The average molecular weight is 388 g/mol. The Kier molecular flexibility index (Phi) is 4.66. The smallest absolute Gasteiger partial charge is 0.257 e. The lowest BCUT2D eigenvalue weighted by Crippen LogP contribution is -2.28. The highest BCUT2D eigenvalue weighted by Crippen LogP contribution is 2.20. The predicted octanol–water partition coefficient (Wildman–Crippen LogP) is 3.42. The highest BCUT2D eigenvalue weighted by Gasteiger charge is 2.21. The SMILES string of the molecule is Cc1cc2ncc(C(=O)N(C)Cc3c(C)nn(-c4ccccc4)c3C)c(C)n2n1. The molecule has 29 heavy (non-hydrogen) atoms. The fraction of sp³-hybridized carbons (Fsp3) is 0.273. The third-order valence-electron chi connectivity index (χ3n) is 5.26. The molecule has 1 aromatic carbocycles. The second-order valence-electron chi connectivity index (χ2n) is 7.37. The number of nitrogens with zero attached hydrogens (tertiary/aromatic N) is 6. The summed E-state index contributed by atoms with van der Waals surface area (Å²) in [6.45, 7) is 8.29. The van der Waals surface area contributed by atoms with Crippen molar-refractivity contribution in [1.82, 2.24) is 29.3 Å². The van der Waals surface area contributed by atoms with Gasteiger partial charge in [-0.1, -0.05) is 18.2 Å². The first kappa shape index (κ1) is 18.9. The van der Waals surface area contributed by atoms with Gasteiger partial charge in [-0.05, 0) is 39.8 Å². The number of aryl methyl sites for hydroxylation is 3. The van der Waals surface area contributed by atoms with Crippen LogP contribution in [0.25, 0.3) is 11.3 Å². The van der Waals surface area contributed by atoms with E-state index in [9.17, 15) is 4.79 Å². The van der Waals surface area contributed by atoms with E-state index in [1.807, 2.05) is 68.8 Å². The lowest BCUT2D eigenvalue weighted by Gasteiger charge is -2.19. The maximum Gasteiger partial charge on any atom is 0.257 e. The molecule has 0 spiro atoms. The molecule has 148 valence electrons. The van der Waals surface area contributed by atoms with E-state index in [1.54, 1.807) is 22.7 Å². The third kappa shape index (κ3) is 3.29. The Morgan fingerprint density at radius 2 is 1.76 bits per heavy atom. The summed E-state index contributed by atoms with van der Waals surface area (Å²) >= 11 is 0. The summed E-state index contributed by atoms with van der Waals surface area (Å²) in [6.07, 6.45) is 1.64. The van der Waals surface area contributed by atoms with Crippen LogP contribution in [0.1, 0.15) is 38.7 Å². The lowest BCUT2D eigenvalue weighted by atomic mass is 10.1. The third-order valence-corrected chi connectivity index (χ3v) is 5.26. The topological polar surface area (TPSA) is 68.3 Å². The van der Waals surface area contributed by atoms with E-state index in [0.29, 0.717) is 12.1 Å². The summed E-state index contributed by atoms with van der Waals surface area (Å²) < 4.78 is 3.65. The van der Waals surface area contributed by atoms with Crippen LogP contribution in [0, 0.1) is 27.7 Å². The van der Waals surface area contributed by atoms with Crippen LogP contribution in [0.5, 0.6) is 0 Å². The number of rotatable bonds is 4. The van der Waals surface area contributed by atoms with E-state index in [-0.39, 0.29) is 5.91 Å². The fourth-order valence-corrected chi connectivity index (χ4v) is 3.61. The Labute approximate surface area is 169 Å². The van der Waals surface area contributed by atoms with Crippen LogP contribution in [0.2, 0.25) is 0 Å². The summed E-state index contributed by atoms with van der Waals surface area (Å²) in [7, 11) is 1.80. The van der Waals surface area contributed by atoms with E-state index < -0.39 is 0 Å². The highest BCUT2D eigenvalue weighted by molar-refractivity contribution is 5.95. The number of carbonyl (C=O) groups is 1. The molecule has 0 atom stereocenters. The number of amides is 1. The average Bonchev–Trinajstić information content (AvgIpc) is 3.23. The predicted molar refractivity (Wildman–Crippen MR) is 111 cm³/mol. The van der Waals surface area contributed by atoms with Gasteiger partial charge >= 0.3 is 0 Å². The van der Waals surface area contributed by atoms with Gasteiger partial charge in [0, 0.05) is 37.1 Å². The second kappa shape index (κ2) is 7.16. The van der Waals surface area contributed by atoms with Crippen molar-refractivity contribution in [3.05, 3.63) is 76.5 Å². The normalized spacial score (nSPS) is 11.2. The number of fused-ring (bicyclic) bond motifs is 1. The molecule has 0 aliphatic heterocycles. The molecular formula is C22H24N6O. The highest BCUT2D eigenvalue weighted by atomic mass is 16.2. The van der Waals surface area contributed by atoms with Gasteiger partial charge in [0.15, 0.2) is 5.65 Å². The second-order valence-corrected chi connectivity index (χ2v) is 7.37. The zero-order valence-electron chi connectivity index (χ0n) is 17.3. The van der Waals surface area contributed by atoms with Crippen LogP contribution < -0.4 is 0 Å². The number of benzene rings is 1. The first-order chi connectivity index (χ1) is 13.9. The Morgan fingerprint density at radius 1 is 1.03 bits per heavy atom. The van der Waals surface area contributed by atoms with E-state index in [1.165, 1.54) is 0 Å². The van der Waals surface area contributed by atoms with Crippen molar-refractivity contribution in [2.45, 2.75) is 34.2 Å². The van der Waals surface area contributed by atoms with Gasteiger partial charge in [-0.25, -0.2) is 14.2 Å². The Morgan fingerprint density at radius 3 is 2.48 bits per heavy atom. The molecule has 4 rings (SSSR count). The van der Waals surface area contributed by atoms with Gasteiger partial charge < -0.3 is 4.90 Å². The van der Waals surface area contributed by atoms with Crippen LogP contribution in [-0.2, 0) is 6.54 Å². The molecule has 0 saturated carbocycles. The molecule has 1 amide bonds. The molecule has 0 radical (unpaired) electrons. The number of para-hydroxylation sites is 1. The number of hydrogen-bond acceptors (Lipinski definition) is 4. The van der Waals surface area contributed by atoms with Gasteiger partial charge in [0.2, 0.25) is 0 Å². The molecule has 3 aromatic heterocycles. The zero-order valence-corrected chi connectivity index (χ0v) is 17.3. The van der Waals surface area contributed by atoms with Crippen LogP contribution in [0.15, 0.2) is 42.6 Å². The molecular weight excluding hydrogens is 364 g/mol. The minimum absolute atomic E-state index is 0.0867. The fourth-order valence-electron chi connectivity index (χ4n) is 3.61. The van der Waals surface area contributed by atoms with Gasteiger partial charge in [-0.3, -0.25) is 4.79 Å².